The van der Waals surface area contributed by atoms with E-state index < -0.39 is 0 Å². The van der Waals surface area contributed by atoms with Crippen LogP contribution in [0.25, 0.3) is 0 Å². The molecular formula is C11H10O2. The standard InChI is InChI=1S/C11H10O2/c12-8-3-4-9(13)11-7-2-1-6(5-7)10(8)11/h1-4,6-7,10-11H,5H2/t6-,7-,10-,11+/m0/s1. The van der Waals surface area contributed by atoms with Gasteiger partial charge in [0.25, 0.3) is 0 Å². The number of carbonyl (C=O) groups excluding carboxylic acids is 2. The smallest absolute Gasteiger partial charge is 0.160 e. The van der Waals surface area contributed by atoms with Gasteiger partial charge in [0, 0.05) is 11.8 Å². The average Bonchev–Trinajstić information content (AvgIpc) is 2.70. The lowest BCUT2D eigenvalue weighted by Crippen LogP contribution is -2.34. The van der Waals surface area contributed by atoms with E-state index in [0.29, 0.717) is 11.8 Å². The third-order valence-corrected chi connectivity index (χ3v) is 3.53. The van der Waals surface area contributed by atoms with Gasteiger partial charge in [0.05, 0.1) is 0 Å². The summed E-state index contributed by atoms with van der Waals surface area (Å²) < 4.78 is 0. The van der Waals surface area contributed by atoms with Crippen LogP contribution in [0.1, 0.15) is 6.42 Å². The Morgan fingerprint density at radius 1 is 0.923 bits per heavy atom. The quantitative estimate of drug-likeness (QED) is 0.516. The Bertz CT molecular complexity index is 319. The van der Waals surface area contributed by atoms with E-state index in [2.05, 4.69) is 12.2 Å². The fourth-order valence-corrected chi connectivity index (χ4v) is 2.98. The molecule has 66 valence electrons. The minimum Gasteiger partial charge on any atom is -0.294 e. The van der Waals surface area contributed by atoms with Crippen molar-refractivity contribution in [1.82, 2.24) is 0 Å². The Balaban J connectivity index is 2.09. The minimum absolute atomic E-state index is 0.0208. The van der Waals surface area contributed by atoms with Crippen molar-refractivity contribution in [2.75, 3.05) is 0 Å². The second kappa shape index (κ2) is 2.19. The van der Waals surface area contributed by atoms with Gasteiger partial charge in [-0.05, 0) is 30.4 Å². The normalized spacial score (nSPS) is 45.8. The van der Waals surface area contributed by atoms with Crippen LogP contribution in [-0.4, -0.2) is 11.6 Å². The molecule has 3 aliphatic carbocycles. The van der Waals surface area contributed by atoms with Crippen molar-refractivity contribution in [2.45, 2.75) is 6.42 Å². The largest absolute Gasteiger partial charge is 0.294 e. The molecule has 0 radical (unpaired) electrons. The van der Waals surface area contributed by atoms with Crippen LogP contribution >= 0.6 is 0 Å². The lowest BCUT2D eigenvalue weighted by atomic mass is 9.75. The van der Waals surface area contributed by atoms with Gasteiger partial charge >= 0.3 is 0 Å². The highest BCUT2D eigenvalue weighted by Gasteiger charge is 2.51. The van der Waals surface area contributed by atoms with Gasteiger partial charge in [-0.1, -0.05) is 12.2 Å². The second-order valence-corrected chi connectivity index (χ2v) is 4.14. The van der Waals surface area contributed by atoms with Gasteiger partial charge in [-0.3, -0.25) is 9.59 Å². The summed E-state index contributed by atoms with van der Waals surface area (Å²) >= 11 is 0. The molecule has 0 spiro atoms. The van der Waals surface area contributed by atoms with Gasteiger partial charge in [0.2, 0.25) is 0 Å². The lowest BCUT2D eigenvalue weighted by molar-refractivity contribution is -0.129. The van der Waals surface area contributed by atoms with E-state index in [0.717, 1.165) is 6.42 Å². The first kappa shape index (κ1) is 7.25. The molecule has 13 heavy (non-hydrogen) atoms. The summed E-state index contributed by atoms with van der Waals surface area (Å²) in [7, 11) is 0. The SMILES string of the molecule is O=C1C=CC(=O)[C@H]2[C@@H]1[C@H]1C=C[C@H]2C1. The molecule has 2 bridgehead atoms. The maximum absolute atomic E-state index is 11.5. The van der Waals surface area contributed by atoms with Crippen molar-refractivity contribution in [2.24, 2.45) is 23.7 Å². The van der Waals surface area contributed by atoms with E-state index in [1.165, 1.54) is 12.2 Å². The number of fused-ring (bicyclic) bond motifs is 5. The molecule has 0 aromatic carbocycles. The molecule has 0 aromatic rings. The van der Waals surface area contributed by atoms with E-state index in [1.54, 1.807) is 0 Å². The Kier molecular flexibility index (Phi) is 1.22. The Labute approximate surface area is 76.3 Å². The molecule has 1 saturated carbocycles. The number of hydrogen-bond donors (Lipinski definition) is 0. The van der Waals surface area contributed by atoms with Gasteiger partial charge in [0.15, 0.2) is 11.6 Å². The molecule has 0 saturated heterocycles. The summed E-state index contributed by atoms with van der Waals surface area (Å²) in [5.74, 6) is 0.954. The fraction of sp³-hybridized carbons (Fsp3) is 0.455. The first-order chi connectivity index (χ1) is 6.27. The van der Waals surface area contributed by atoms with Crippen molar-refractivity contribution in [3.63, 3.8) is 0 Å². The zero-order valence-electron chi connectivity index (χ0n) is 7.14. The second-order valence-electron chi connectivity index (χ2n) is 4.14. The fourth-order valence-electron chi connectivity index (χ4n) is 2.98. The van der Waals surface area contributed by atoms with E-state index >= 15 is 0 Å². The van der Waals surface area contributed by atoms with Gasteiger partial charge in [-0.2, -0.15) is 0 Å². The number of allylic oxidation sites excluding steroid dienone is 4. The van der Waals surface area contributed by atoms with E-state index in [9.17, 15) is 9.59 Å². The summed E-state index contributed by atoms with van der Waals surface area (Å²) in [5.41, 5.74) is 0. The zero-order chi connectivity index (χ0) is 9.00. The molecule has 2 heteroatoms. The van der Waals surface area contributed by atoms with Crippen molar-refractivity contribution >= 4 is 11.6 Å². The number of rotatable bonds is 0. The van der Waals surface area contributed by atoms with Crippen LogP contribution in [0.15, 0.2) is 24.3 Å². The Morgan fingerprint density at radius 2 is 1.38 bits per heavy atom. The molecule has 3 aliphatic rings. The number of carbonyl (C=O) groups is 2. The van der Waals surface area contributed by atoms with E-state index in [-0.39, 0.29) is 23.4 Å². The minimum atomic E-state index is -0.0208. The lowest BCUT2D eigenvalue weighted by Gasteiger charge is -2.26. The van der Waals surface area contributed by atoms with Crippen LogP contribution < -0.4 is 0 Å². The highest BCUT2D eigenvalue weighted by Crippen LogP contribution is 2.50. The molecule has 0 amide bonds. The predicted molar refractivity (Wildman–Crippen MR) is 46.9 cm³/mol. The zero-order valence-corrected chi connectivity index (χ0v) is 7.14. The predicted octanol–water partition coefficient (Wildman–Crippen LogP) is 1.13. The molecule has 2 nitrogen and oxygen atoms in total. The maximum atomic E-state index is 11.5. The van der Waals surface area contributed by atoms with Crippen LogP contribution in [-0.2, 0) is 9.59 Å². The van der Waals surface area contributed by atoms with Gasteiger partial charge in [-0.25, -0.2) is 0 Å². The average molecular weight is 174 g/mol. The van der Waals surface area contributed by atoms with Gasteiger partial charge in [-0.15, -0.1) is 0 Å². The Hall–Kier alpha value is -1.18. The summed E-state index contributed by atoms with van der Waals surface area (Å²) in [5, 5.41) is 0. The molecule has 0 aliphatic heterocycles. The molecule has 0 N–H and O–H groups in total. The van der Waals surface area contributed by atoms with Crippen LogP contribution in [0.3, 0.4) is 0 Å². The molecule has 3 rings (SSSR count). The van der Waals surface area contributed by atoms with Gasteiger partial charge < -0.3 is 0 Å². The topological polar surface area (TPSA) is 34.1 Å². The number of ketones is 2. The van der Waals surface area contributed by atoms with E-state index in [1.807, 2.05) is 0 Å². The Morgan fingerprint density at radius 3 is 1.85 bits per heavy atom. The maximum Gasteiger partial charge on any atom is 0.160 e. The molecule has 0 unspecified atom stereocenters. The molecule has 0 aromatic heterocycles. The summed E-state index contributed by atoms with van der Waals surface area (Å²) in [6.07, 6.45) is 8.14. The molecule has 4 atom stereocenters. The third-order valence-electron chi connectivity index (χ3n) is 3.53. The first-order valence-electron chi connectivity index (χ1n) is 4.71. The van der Waals surface area contributed by atoms with E-state index in [4.69, 9.17) is 0 Å². The third kappa shape index (κ3) is 0.781. The van der Waals surface area contributed by atoms with Crippen LogP contribution in [0.5, 0.6) is 0 Å². The van der Waals surface area contributed by atoms with Crippen molar-refractivity contribution < 1.29 is 9.59 Å². The summed E-state index contributed by atoms with van der Waals surface area (Å²) in [6, 6.07) is 0. The molecule has 0 heterocycles. The summed E-state index contributed by atoms with van der Waals surface area (Å²) in [6.45, 7) is 0. The highest BCUT2D eigenvalue weighted by molar-refractivity contribution is 6.08. The van der Waals surface area contributed by atoms with Crippen LogP contribution in [0.2, 0.25) is 0 Å². The van der Waals surface area contributed by atoms with Crippen LogP contribution in [0.4, 0.5) is 0 Å². The molecular weight excluding hydrogens is 164 g/mol. The van der Waals surface area contributed by atoms with Gasteiger partial charge in [0.1, 0.15) is 0 Å². The van der Waals surface area contributed by atoms with Crippen LogP contribution in [0, 0.1) is 23.7 Å². The number of hydrogen-bond acceptors (Lipinski definition) is 2. The van der Waals surface area contributed by atoms with Crippen molar-refractivity contribution in [1.29, 1.82) is 0 Å². The van der Waals surface area contributed by atoms with Crippen molar-refractivity contribution in [3.8, 4) is 0 Å². The van der Waals surface area contributed by atoms with Crippen molar-refractivity contribution in [3.05, 3.63) is 24.3 Å². The first-order valence-corrected chi connectivity index (χ1v) is 4.71. The summed E-state index contributed by atoms with van der Waals surface area (Å²) in [4.78, 5) is 23.1. The highest BCUT2D eigenvalue weighted by atomic mass is 16.1. The molecule has 1 fully saturated rings. The monoisotopic (exact) mass is 174 g/mol.